The highest BCUT2D eigenvalue weighted by Crippen LogP contribution is 2.24. The van der Waals surface area contributed by atoms with E-state index in [9.17, 15) is 4.79 Å². The number of carboxylic acid groups (broad SMARTS) is 1. The molecular weight excluding hydrogens is 246 g/mol. The molecule has 14 heavy (non-hydrogen) atoms. The predicted molar refractivity (Wildman–Crippen MR) is 58.3 cm³/mol. The largest absolute Gasteiger partial charge is 0.478 e. The topological polar surface area (TPSA) is 63.3 Å². The molecule has 0 atom stereocenters. The van der Waals surface area contributed by atoms with Crippen LogP contribution in [-0.2, 0) is 5.54 Å². The summed E-state index contributed by atoms with van der Waals surface area (Å²) in [7, 11) is 0. The van der Waals surface area contributed by atoms with Gasteiger partial charge in [-0.3, -0.25) is 0 Å². The van der Waals surface area contributed by atoms with Crippen LogP contribution in [0, 0.1) is 0 Å². The van der Waals surface area contributed by atoms with Gasteiger partial charge in [0.25, 0.3) is 0 Å². The molecular formula is C10H12BrNO2. The van der Waals surface area contributed by atoms with E-state index in [1.54, 1.807) is 32.0 Å². The van der Waals surface area contributed by atoms with E-state index in [1.165, 1.54) is 0 Å². The molecule has 0 radical (unpaired) electrons. The average molecular weight is 258 g/mol. The molecule has 0 aliphatic rings. The molecule has 1 aromatic carbocycles. The normalized spacial score (nSPS) is 11.4. The van der Waals surface area contributed by atoms with E-state index in [0.29, 0.717) is 5.56 Å². The summed E-state index contributed by atoms with van der Waals surface area (Å²) in [6, 6.07) is 5.08. The van der Waals surface area contributed by atoms with Crippen LogP contribution >= 0.6 is 15.9 Å². The Balaban J connectivity index is 3.37. The minimum Gasteiger partial charge on any atom is -0.478 e. The van der Waals surface area contributed by atoms with Crippen molar-refractivity contribution in [3.8, 4) is 0 Å². The molecule has 0 spiro atoms. The number of nitrogens with two attached hydrogens (primary N) is 1. The third kappa shape index (κ3) is 2.33. The number of carboxylic acids is 1. The molecule has 1 aromatic rings. The second-order valence-electron chi connectivity index (χ2n) is 3.72. The summed E-state index contributed by atoms with van der Waals surface area (Å²) in [5.74, 6) is -0.958. The fourth-order valence-electron chi connectivity index (χ4n) is 1.26. The van der Waals surface area contributed by atoms with Gasteiger partial charge in [0.15, 0.2) is 0 Å². The van der Waals surface area contributed by atoms with E-state index in [4.69, 9.17) is 10.8 Å². The summed E-state index contributed by atoms with van der Waals surface area (Å²) in [6.07, 6.45) is 0. The third-order valence-corrected chi connectivity index (χ3v) is 2.40. The minimum absolute atomic E-state index is 0.242. The minimum atomic E-state index is -0.958. The third-order valence-electron chi connectivity index (χ3n) is 1.91. The number of hydrogen-bond acceptors (Lipinski definition) is 2. The van der Waals surface area contributed by atoms with Crippen LogP contribution in [0.4, 0.5) is 0 Å². The SMILES string of the molecule is CC(C)(N)c1ccc(Br)cc1C(=O)O. The van der Waals surface area contributed by atoms with Gasteiger partial charge in [-0.1, -0.05) is 22.0 Å². The summed E-state index contributed by atoms with van der Waals surface area (Å²) >= 11 is 3.23. The molecule has 3 N–H and O–H groups in total. The number of rotatable bonds is 2. The Morgan fingerprint density at radius 2 is 2.07 bits per heavy atom. The number of aromatic carboxylic acids is 1. The Bertz CT molecular complexity index is 369. The lowest BCUT2D eigenvalue weighted by molar-refractivity contribution is 0.0694. The summed E-state index contributed by atoms with van der Waals surface area (Å²) in [5, 5.41) is 8.98. The van der Waals surface area contributed by atoms with E-state index >= 15 is 0 Å². The van der Waals surface area contributed by atoms with Crippen LogP contribution in [0.5, 0.6) is 0 Å². The van der Waals surface area contributed by atoms with E-state index < -0.39 is 11.5 Å². The second kappa shape index (κ2) is 3.71. The Kier molecular flexibility index (Phi) is 2.97. The number of benzene rings is 1. The maximum absolute atomic E-state index is 10.9. The van der Waals surface area contributed by atoms with Crippen molar-refractivity contribution in [3.05, 3.63) is 33.8 Å². The zero-order valence-corrected chi connectivity index (χ0v) is 9.63. The number of halogens is 1. The number of hydrogen-bond donors (Lipinski definition) is 2. The summed E-state index contributed by atoms with van der Waals surface area (Å²) in [6.45, 7) is 3.56. The molecule has 0 aliphatic heterocycles. The molecule has 0 amide bonds. The molecule has 0 bridgehead atoms. The maximum Gasteiger partial charge on any atom is 0.336 e. The van der Waals surface area contributed by atoms with Gasteiger partial charge in [-0.05, 0) is 31.5 Å². The Morgan fingerprint density at radius 1 is 1.50 bits per heavy atom. The van der Waals surface area contributed by atoms with Crippen LogP contribution in [0.15, 0.2) is 22.7 Å². The van der Waals surface area contributed by atoms with Gasteiger partial charge in [-0.15, -0.1) is 0 Å². The first-order valence-electron chi connectivity index (χ1n) is 4.14. The summed E-state index contributed by atoms with van der Waals surface area (Å²) in [5.41, 5.74) is 6.10. The van der Waals surface area contributed by atoms with E-state index in [-0.39, 0.29) is 5.56 Å². The highest BCUT2D eigenvalue weighted by Gasteiger charge is 2.21. The molecule has 76 valence electrons. The molecule has 1 rings (SSSR count). The van der Waals surface area contributed by atoms with Crippen LogP contribution in [0.25, 0.3) is 0 Å². The van der Waals surface area contributed by atoms with Gasteiger partial charge >= 0.3 is 5.97 Å². The van der Waals surface area contributed by atoms with Crippen LogP contribution in [0.1, 0.15) is 29.8 Å². The van der Waals surface area contributed by atoms with Crippen molar-refractivity contribution >= 4 is 21.9 Å². The van der Waals surface area contributed by atoms with Gasteiger partial charge < -0.3 is 10.8 Å². The molecule has 0 aliphatic carbocycles. The Labute approximate surface area is 91.1 Å². The monoisotopic (exact) mass is 257 g/mol. The second-order valence-corrected chi connectivity index (χ2v) is 4.63. The van der Waals surface area contributed by atoms with Gasteiger partial charge in [0.1, 0.15) is 0 Å². The predicted octanol–water partition coefficient (Wildman–Crippen LogP) is 2.34. The fourth-order valence-corrected chi connectivity index (χ4v) is 1.62. The summed E-state index contributed by atoms with van der Waals surface area (Å²) in [4.78, 5) is 10.9. The highest BCUT2D eigenvalue weighted by atomic mass is 79.9. The zero-order valence-electron chi connectivity index (χ0n) is 8.04. The fraction of sp³-hybridized carbons (Fsp3) is 0.300. The number of carbonyl (C=O) groups is 1. The van der Waals surface area contributed by atoms with E-state index in [1.807, 2.05) is 0 Å². The van der Waals surface area contributed by atoms with Crippen LogP contribution in [0.2, 0.25) is 0 Å². The molecule has 0 fully saturated rings. The Morgan fingerprint density at radius 3 is 2.50 bits per heavy atom. The first kappa shape index (κ1) is 11.2. The van der Waals surface area contributed by atoms with Gasteiger partial charge in [-0.25, -0.2) is 4.79 Å². The van der Waals surface area contributed by atoms with Gasteiger partial charge in [0.05, 0.1) is 5.56 Å². The van der Waals surface area contributed by atoms with Crippen LogP contribution in [0.3, 0.4) is 0 Å². The van der Waals surface area contributed by atoms with Crippen molar-refractivity contribution in [2.75, 3.05) is 0 Å². The molecule has 0 saturated heterocycles. The first-order valence-corrected chi connectivity index (χ1v) is 4.94. The standard InChI is InChI=1S/C10H12BrNO2/c1-10(2,12)8-4-3-6(11)5-7(8)9(13)14/h3-5H,12H2,1-2H3,(H,13,14). The molecule has 0 aromatic heterocycles. The molecule has 0 heterocycles. The van der Waals surface area contributed by atoms with Crippen molar-refractivity contribution in [2.24, 2.45) is 5.73 Å². The van der Waals surface area contributed by atoms with Crippen molar-refractivity contribution in [1.29, 1.82) is 0 Å². The van der Waals surface area contributed by atoms with Gasteiger partial charge in [-0.2, -0.15) is 0 Å². The average Bonchev–Trinajstić information content (AvgIpc) is 2.01. The summed E-state index contributed by atoms with van der Waals surface area (Å²) < 4.78 is 0.739. The lowest BCUT2D eigenvalue weighted by Gasteiger charge is -2.21. The van der Waals surface area contributed by atoms with E-state index in [0.717, 1.165) is 4.47 Å². The lowest BCUT2D eigenvalue weighted by Crippen LogP contribution is -2.30. The van der Waals surface area contributed by atoms with Crippen molar-refractivity contribution in [3.63, 3.8) is 0 Å². The van der Waals surface area contributed by atoms with Crippen LogP contribution in [-0.4, -0.2) is 11.1 Å². The van der Waals surface area contributed by atoms with Crippen molar-refractivity contribution in [1.82, 2.24) is 0 Å². The molecule has 3 nitrogen and oxygen atoms in total. The quantitative estimate of drug-likeness (QED) is 0.855. The molecule has 0 unspecified atom stereocenters. The van der Waals surface area contributed by atoms with Crippen molar-refractivity contribution in [2.45, 2.75) is 19.4 Å². The van der Waals surface area contributed by atoms with E-state index in [2.05, 4.69) is 15.9 Å². The first-order chi connectivity index (χ1) is 6.32. The molecule has 4 heteroatoms. The lowest BCUT2D eigenvalue weighted by atomic mass is 9.91. The maximum atomic E-state index is 10.9. The van der Waals surface area contributed by atoms with Gasteiger partial charge in [0, 0.05) is 10.0 Å². The molecule has 0 saturated carbocycles. The smallest absolute Gasteiger partial charge is 0.336 e. The van der Waals surface area contributed by atoms with Crippen molar-refractivity contribution < 1.29 is 9.90 Å². The zero-order chi connectivity index (χ0) is 10.9. The van der Waals surface area contributed by atoms with Crippen LogP contribution < -0.4 is 5.73 Å². The van der Waals surface area contributed by atoms with Gasteiger partial charge in [0.2, 0.25) is 0 Å². The highest BCUT2D eigenvalue weighted by molar-refractivity contribution is 9.10. The Hall–Kier alpha value is -0.870.